The molecule has 0 saturated heterocycles. The van der Waals surface area contributed by atoms with Gasteiger partial charge < -0.3 is 10.6 Å². The number of amides is 2. The van der Waals surface area contributed by atoms with Crippen molar-refractivity contribution in [3.05, 3.63) is 53.6 Å². The smallest absolute Gasteiger partial charge is 0.226 e. The molecule has 0 aliphatic heterocycles. The highest BCUT2D eigenvalue weighted by Gasteiger charge is 2.09. The highest BCUT2D eigenvalue weighted by molar-refractivity contribution is 7.22. The molecule has 0 atom stereocenters. The largest absolute Gasteiger partial charge is 0.326 e. The lowest BCUT2D eigenvalue weighted by Gasteiger charge is -2.06. The molecule has 0 fully saturated rings. The first-order chi connectivity index (χ1) is 13.6. The standard InChI is InChI=1S/C22H25N3O2S/c1-3-5-20(26)25-22-24-18-12-8-16(14-19(18)28-22)9-13-21(27)23-17-10-6-15(4-2)7-11-17/h6-8,10-12,14H,3-5,9,13H2,1-2H3,(H,23,27)(H,24,25,26). The topological polar surface area (TPSA) is 71.1 Å². The maximum Gasteiger partial charge on any atom is 0.226 e. The lowest BCUT2D eigenvalue weighted by Crippen LogP contribution is -2.12. The summed E-state index contributed by atoms with van der Waals surface area (Å²) >= 11 is 1.46. The molecule has 0 aliphatic rings. The second-order valence-electron chi connectivity index (χ2n) is 6.72. The Morgan fingerprint density at radius 2 is 1.64 bits per heavy atom. The Kier molecular flexibility index (Phi) is 6.76. The Bertz CT molecular complexity index is 964. The van der Waals surface area contributed by atoms with Crippen LogP contribution in [0.2, 0.25) is 0 Å². The summed E-state index contributed by atoms with van der Waals surface area (Å²) in [5.41, 5.74) is 4.02. The van der Waals surface area contributed by atoms with Crippen LogP contribution < -0.4 is 10.6 Å². The number of fused-ring (bicyclic) bond motifs is 1. The highest BCUT2D eigenvalue weighted by Crippen LogP contribution is 2.27. The third-order valence-corrected chi connectivity index (χ3v) is 5.40. The van der Waals surface area contributed by atoms with Crippen molar-refractivity contribution < 1.29 is 9.59 Å². The van der Waals surface area contributed by atoms with Crippen LogP contribution in [0.1, 0.15) is 44.2 Å². The van der Waals surface area contributed by atoms with Gasteiger partial charge in [0.05, 0.1) is 10.2 Å². The maximum absolute atomic E-state index is 12.2. The predicted molar refractivity (Wildman–Crippen MR) is 116 cm³/mol. The molecule has 0 spiro atoms. The summed E-state index contributed by atoms with van der Waals surface area (Å²) < 4.78 is 1.01. The Hall–Kier alpha value is -2.73. The molecule has 5 nitrogen and oxygen atoms in total. The lowest BCUT2D eigenvalue weighted by atomic mass is 10.1. The zero-order chi connectivity index (χ0) is 19.9. The molecule has 1 heterocycles. The summed E-state index contributed by atoms with van der Waals surface area (Å²) in [5, 5.41) is 6.41. The summed E-state index contributed by atoms with van der Waals surface area (Å²) in [4.78, 5) is 28.4. The number of rotatable bonds is 8. The Morgan fingerprint density at radius 1 is 0.929 bits per heavy atom. The van der Waals surface area contributed by atoms with Crippen LogP contribution in [0.5, 0.6) is 0 Å². The maximum atomic E-state index is 12.2. The van der Waals surface area contributed by atoms with Crippen LogP contribution in [0.3, 0.4) is 0 Å². The SMILES string of the molecule is CCCC(=O)Nc1nc2ccc(CCC(=O)Nc3ccc(CC)cc3)cc2s1. The average molecular weight is 396 g/mol. The first-order valence-electron chi connectivity index (χ1n) is 9.65. The zero-order valence-corrected chi connectivity index (χ0v) is 17.1. The van der Waals surface area contributed by atoms with E-state index in [0.717, 1.165) is 34.3 Å². The van der Waals surface area contributed by atoms with Crippen molar-refractivity contribution in [1.82, 2.24) is 4.98 Å². The van der Waals surface area contributed by atoms with Crippen LogP contribution in [0.15, 0.2) is 42.5 Å². The fourth-order valence-corrected chi connectivity index (χ4v) is 3.84. The molecule has 0 bridgehead atoms. The van der Waals surface area contributed by atoms with Gasteiger partial charge in [0.1, 0.15) is 0 Å². The van der Waals surface area contributed by atoms with E-state index in [9.17, 15) is 9.59 Å². The Labute approximate surface area is 169 Å². The first kappa shape index (κ1) is 20.0. The molecule has 6 heteroatoms. The molecule has 3 aromatic rings. The summed E-state index contributed by atoms with van der Waals surface area (Å²) in [7, 11) is 0. The Morgan fingerprint density at radius 3 is 2.36 bits per heavy atom. The van der Waals surface area contributed by atoms with Crippen LogP contribution in [-0.4, -0.2) is 16.8 Å². The molecule has 0 saturated carbocycles. The number of hydrogen-bond donors (Lipinski definition) is 2. The lowest BCUT2D eigenvalue weighted by molar-refractivity contribution is -0.117. The van der Waals surface area contributed by atoms with Gasteiger partial charge in [0, 0.05) is 18.5 Å². The molecule has 0 unspecified atom stereocenters. The van der Waals surface area contributed by atoms with E-state index in [-0.39, 0.29) is 11.8 Å². The number of aryl methyl sites for hydroxylation is 2. The molecule has 2 N–H and O–H groups in total. The number of anilines is 2. The molecular formula is C22H25N3O2S. The monoisotopic (exact) mass is 395 g/mol. The third-order valence-electron chi connectivity index (χ3n) is 4.46. The molecule has 146 valence electrons. The van der Waals surface area contributed by atoms with Crippen LogP contribution in [0.25, 0.3) is 10.2 Å². The third kappa shape index (κ3) is 5.39. The normalized spacial score (nSPS) is 10.8. The number of nitrogens with zero attached hydrogens (tertiary/aromatic N) is 1. The minimum absolute atomic E-state index is 0.00108. The van der Waals surface area contributed by atoms with Crippen LogP contribution in [0, 0.1) is 0 Å². The minimum atomic E-state index is -0.00887. The summed E-state index contributed by atoms with van der Waals surface area (Å²) in [6.07, 6.45) is 3.37. The second-order valence-corrected chi connectivity index (χ2v) is 7.75. The van der Waals surface area contributed by atoms with Crippen molar-refractivity contribution in [3.63, 3.8) is 0 Å². The first-order valence-corrected chi connectivity index (χ1v) is 10.5. The van der Waals surface area contributed by atoms with Gasteiger partial charge in [0.25, 0.3) is 0 Å². The van der Waals surface area contributed by atoms with E-state index in [0.29, 0.717) is 24.4 Å². The molecule has 2 amide bonds. The van der Waals surface area contributed by atoms with Crippen LogP contribution in [0.4, 0.5) is 10.8 Å². The van der Waals surface area contributed by atoms with Gasteiger partial charge in [-0.2, -0.15) is 0 Å². The highest BCUT2D eigenvalue weighted by atomic mass is 32.1. The van der Waals surface area contributed by atoms with Crippen molar-refractivity contribution in [2.45, 2.75) is 46.0 Å². The van der Waals surface area contributed by atoms with E-state index < -0.39 is 0 Å². The Balaban J connectivity index is 1.57. The molecule has 1 aromatic heterocycles. The van der Waals surface area contributed by atoms with Gasteiger partial charge in [-0.1, -0.05) is 43.4 Å². The number of benzene rings is 2. The summed E-state index contributed by atoms with van der Waals surface area (Å²) in [6.45, 7) is 4.08. The number of nitrogens with one attached hydrogen (secondary N) is 2. The number of thiazole rings is 1. The zero-order valence-electron chi connectivity index (χ0n) is 16.2. The van der Waals surface area contributed by atoms with E-state index in [1.165, 1.54) is 16.9 Å². The van der Waals surface area contributed by atoms with Crippen molar-refractivity contribution in [1.29, 1.82) is 0 Å². The molecular weight excluding hydrogens is 370 g/mol. The molecule has 2 aromatic carbocycles. The van der Waals surface area contributed by atoms with Gasteiger partial charge >= 0.3 is 0 Å². The van der Waals surface area contributed by atoms with Crippen molar-refractivity contribution in [3.8, 4) is 0 Å². The van der Waals surface area contributed by atoms with E-state index >= 15 is 0 Å². The van der Waals surface area contributed by atoms with Gasteiger partial charge in [0.2, 0.25) is 11.8 Å². The van der Waals surface area contributed by atoms with Crippen molar-refractivity contribution in [2.24, 2.45) is 0 Å². The number of carbonyl (C=O) groups excluding carboxylic acids is 2. The molecule has 0 radical (unpaired) electrons. The fourth-order valence-electron chi connectivity index (χ4n) is 2.89. The minimum Gasteiger partial charge on any atom is -0.326 e. The summed E-state index contributed by atoms with van der Waals surface area (Å²) in [5.74, 6) is -0.00779. The van der Waals surface area contributed by atoms with Gasteiger partial charge in [0.15, 0.2) is 5.13 Å². The van der Waals surface area contributed by atoms with E-state index in [4.69, 9.17) is 0 Å². The number of aromatic nitrogens is 1. The van der Waals surface area contributed by atoms with Gasteiger partial charge in [-0.3, -0.25) is 9.59 Å². The molecule has 3 rings (SSSR count). The van der Waals surface area contributed by atoms with E-state index in [1.54, 1.807) is 0 Å². The van der Waals surface area contributed by atoms with Crippen molar-refractivity contribution in [2.75, 3.05) is 10.6 Å². The van der Waals surface area contributed by atoms with E-state index in [2.05, 4.69) is 22.5 Å². The quantitative estimate of drug-likeness (QED) is 0.553. The predicted octanol–water partition coefficient (Wildman–Crippen LogP) is 5.17. The molecule has 0 aliphatic carbocycles. The van der Waals surface area contributed by atoms with Gasteiger partial charge in [-0.25, -0.2) is 4.98 Å². The fraction of sp³-hybridized carbons (Fsp3) is 0.318. The number of carbonyl (C=O) groups is 2. The van der Waals surface area contributed by atoms with Crippen LogP contribution >= 0.6 is 11.3 Å². The average Bonchev–Trinajstić information content (AvgIpc) is 3.08. The summed E-state index contributed by atoms with van der Waals surface area (Å²) in [6, 6.07) is 13.9. The van der Waals surface area contributed by atoms with E-state index in [1.807, 2.05) is 49.4 Å². The van der Waals surface area contributed by atoms with Gasteiger partial charge in [-0.15, -0.1) is 0 Å². The molecule has 28 heavy (non-hydrogen) atoms. The van der Waals surface area contributed by atoms with Crippen molar-refractivity contribution >= 4 is 44.2 Å². The number of hydrogen-bond acceptors (Lipinski definition) is 4. The van der Waals surface area contributed by atoms with Crippen LogP contribution in [-0.2, 0) is 22.4 Å². The van der Waals surface area contributed by atoms with Gasteiger partial charge in [-0.05, 0) is 54.7 Å². The second kappa shape index (κ2) is 9.46.